The van der Waals surface area contributed by atoms with Crippen LogP contribution in [0.25, 0.3) is 0 Å². The summed E-state index contributed by atoms with van der Waals surface area (Å²) in [5, 5.41) is 39.6. The van der Waals surface area contributed by atoms with Crippen LogP contribution >= 0.6 is 0 Å². The summed E-state index contributed by atoms with van der Waals surface area (Å²) in [7, 11) is 1.95. The van der Waals surface area contributed by atoms with Crippen LogP contribution in [-0.2, 0) is 50.0 Å². The Morgan fingerprint density at radius 3 is 2.32 bits per heavy atom. The van der Waals surface area contributed by atoms with Gasteiger partial charge in [-0.15, -0.1) is 0 Å². The molecule has 0 amide bonds. The van der Waals surface area contributed by atoms with Crippen molar-refractivity contribution in [1.29, 1.82) is 0 Å². The van der Waals surface area contributed by atoms with Crippen LogP contribution in [0.15, 0.2) is 54.3 Å². The third kappa shape index (κ3) is 6.33. The van der Waals surface area contributed by atoms with Gasteiger partial charge < -0.3 is 44.3 Å². The number of ether oxygens (including phenoxy) is 4. The van der Waals surface area contributed by atoms with Crippen LogP contribution in [0.3, 0.4) is 0 Å². The van der Waals surface area contributed by atoms with Crippen molar-refractivity contribution < 1.29 is 76.5 Å². The molecule has 2 bridgehead atoms. The summed E-state index contributed by atoms with van der Waals surface area (Å²) in [5.74, 6) is -7.07. The molecular weight excluding hydrogens is 675 g/mol. The van der Waals surface area contributed by atoms with Crippen LogP contribution in [0.4, 0.5) is 13.2 Å². The number of hydrogen-bond donors (Lipinski definition) is 4. The van der Waals surface area contributed by atoms with Gasteiger partial charge in [0.2, 0.25) is 12.2 Å². The molecule has 1 fully saturated rings. The molecule has 50 heavy (non-hydrogen) atoms. The Morgan fingerprint density at radius 1 is 1.06 bits per heavy atom. The number of halogens is 3. The van der Waals surface area contributed by atoms with Crippen LogP contribution in [0.5, 0.6) is 11.5 Å². The number of nitrogens with zero attached hydrogens (tertiary/aromatic N) is 1. The Balaban J connectivity index is 0.000000630. The summed E-state index contributed by atoms with van der Waals surface area (Å²) < 4.78 is 54.0. The van der Waals surface area contributed by atoms with Gasteiger partial charge in [0.15, 0.2) is 17.6 Å². The van der Waals surface area contributed by atoms with Crippen LogP contribution in [0, 0.1) is 0 Å². The molecule has 17 heteroatoms. The van der Waals surface area contributed by atoms with Crippen molar-refractivity contribution in [3.63, 3.8) is 0 Å². The molecule has 1 saturated heterocycles. The lowest BCUT2D eigenvalue weighted by Crippen LogP contribution is -2.74. The van der Waals surface area contributed by atoms with Gasteiger partial charge in [-0.1, -0.05) is 36.4 Å². The summed E-state index contributed by atoms with van der Waals surface area (Å²) in [5.41, 5.74) is -0.466. The number of aliphatic carboxylic acids is 2. The quantitative estimate of drug-likeness (QED) is 0.230. The largest absolute Gasteiger partial charge is 0.504 e. The number of carbonyl (C=O) groups is 5. The predicted octanol–water partition coefficient (Wildman–Crippen LogP) is 2.54. The molecule has 4 N–H and O–H groups in total. The zero-order chi connectivity index (χ0) is 36.8. The molecule has 0 radical (unpaired) electrons. The van der Waals surface area contributed by atoms with Gasteiger partial charge in [-0.05, 0) is 44.1 Å². The summed E-state index contributed by atoms with van der Waals surface area (Å²) >= 11 is 0. The number of esters is 3. The average Bonchev–Trinajstić information content (AvgIpc) is 3.40. The van der Waals surface area contributed by atoms with Gasteiger partial charge in [-0.25, -0.2) is 14.4 Å². The molecule has 1 spiro atoms. The lowest BCUT2D eigenvalue weighted by atomic mass is 9.50. The number of benzene rings is 2. The zero-order valence-electron chi connectivity index (χ0n) is 26.5. The predicted molar refractivity (Wildman–Crippen MR) is 159 cm³/mol. The monoisotopic (exact) mass is 707 g/mol. The molecule has 2 unspecified atom stereocenters. The van der Waals surface area contributed by atoms with Gasteiger partial charge in [0.1, 0.15) is 5.76 Å². The summed E-state index contributed by atoms with van der Waals surface area (Å²) in [6, 6.07) is 10.9. The first-order valence-corrected chi connectivity index (χ1v) is 15.2. The molecule has 2 heterocycles. The first kappa shape index (κ1) is 36.1. The lowest BCUT2D eigenvalue weighted by Gasteiger charge is -2.61. The number of aliphatic hydroxyl groups is 1. The van der Waals surface area contributed by atoms with Crippen molar-refractivity contribution >= 4 is 29.8 Å². The Bertz CT molecular complexity index is 1750. The fourth-order valence-corrected chi connectivity index (χ4v) is 7.21. The van der Waals surface area contributed by atoms with E-state index >= 15 is 0 Å². The van der Waals surface area contributed by atoms with Crippen molar-refractivity contribution in [2.45, 2.75) is 74.2 Å². The second-order valence-corrected chi connectivity index (χ2v) is 12.2. The maximum Gasteiger partial charge on any atom is 0.490 e. The standard InChI is InChI=1S/C31H31NO11.C2HF3O2/c1-16(33)40-21(15-23(35)42-25(28(36)37)17-6-4-3-5-7-17)29(38)41-20-10-11-31(39)22-14-18-8-9-19(34)26-24(18)30(31,27(20)43-26)12-13-32(22)2;3-2(4,5)1(6)7/h3-10,21-22,25,27,34,39H,11-15H2,1-2H3,(H,36,37);(H,6,7)/t21?,22-,25?,27+,30+,31-;/m1./s1. The Morgan fingerprint density at radius 2 is 1.72 bits per heavy atom. The van der Waals surface area contributed by atoms with Crippen LogP contribution < -0.4 is 4.74 Å². The molecular formula is C33H32F3NO13. The smallest absolute Gasteiger partial charge is 0.490 e. The first-order chi connectivity index (χ1) is 23.4. The van der Waals surface area contributed by atoms with E-state index in [1.807, 2.05) is 13.1 Å². The molecule has 2 aliphatic carbocycles. The number of carbonyl (C=O) groups excluding carboxylic acids is 3. The van der Waals surface area contributed by atoms with E-state index in [4.69, 9.17) is 28.8 Å². The van der Waals surface area contributed by atoms with Gasteiger partial charge in [-0.2, -0.15) is 13.2 Å². The van der Waals surface area contributed by atoms with Gasteiger partial charge in [-0.3, -0.25) is 9.59 Å². The van der Waals surface area contributed by atoms with E-state index in [0.29, 0.717) is 24.9 Å². The Hall–Kier alpha value is -5.16. The molecule has 6 atom stereocenters. The number of likely N-dealkylation sites (N-methyl/N-ethyl adjacent to an activating group) is 1. The number of piperidine rings is 1. The third-order valence-electron chi connectivity index (χ3n) is 9.31. The number of phenols is 1. The maximum atomic E-state index is 13.4. The van der Waals surface area contributed by atoms with Crippen LogP contribution in [0.1, 0.15) is 49.0 Å². The normalized spacial score (nSPS) is 25.6. The number of carboxylic acids is 2. The highest BCUT2D eigenvalue weighted by Crippen LogP contribution is 2.65. The second-order valence-electron chi connectivity index (χ2n) is 12.2. The van der Waals surface area contributed by atoms with Crippen molar-refractivity contribution in [2.24, 2.45) is 0 Å². The number of phenolic OH excluding ortho intramolecular Hbond substituents is 1. The molecule has 0 saturated carbocycles. The minimum absolute atomic E-state index is 0.0552. The number of carboxylic acid groups (broad SMARTS) is 2. The fourth-order valence-electron chi connectivity index (χ4n) is 7.21. The van der Waals surface area contributed by atoms with E-state index in [9.17, 15) is 47.7 Å². The number of aromatic hydroxyl groups is 1. The SMILES string of the molecule is CC(=O)OC(CC(=O)OC(C(=O)O)c1ccccc1)C(=O)OC1=CC[C@@]2(O)[C@H]3Cc4ccc(O)c5c4[C@@]2(CCN3C)[C@H]1O5.O=C(O)C(F)(F)F. The number of alkyl halides is 3. The summed E-state index contributed by atoms with van der Waals surface area (Å²) in [6.45, 7) is 1.67. The van der Waals surface area contributed by atoms with E-state index in [2.05, 4.69) is 4.90 Å². The molecule has 2 aliphatic heterocycles. The molecule has 2 aromatic rings. The fraction of sp³-hybridized carbons (Fsp3) is 0.424. The van der Waals surface area contributed by atoms with E-state index in [-0.39, 0.29) is 35.3 Å². The highest BCUT2D eigenvalue weighted by molar-refractivity contribution is 5.86. The third-order valence-corrected chi connectivity index (χ3v) is 9.31. The van der Waals surface area contributed by atoms with Gasteiger partial charge in [0.25, 0.3) is 0 Å². The van der Waals surface area contributed by atoms with Crippen LogP contribution in [-0.4, -0.2) is 98.8 Å². The van der Waals surface area contributed by atoms with Crippen molar-refractivity contribution in [3.05, 3.63) is 71.0 Å². The molecule has 4 aliphatic rings. The van der Waals surface area contributed by atoms with E-state index < -0.39 is 71.8 Å². The van der Waals surface area contributed by atoms with Gasteiger partial charge in [0.05, 0.1) is 17.4 Å². The minimum atomic E-state index is -5.08. The molecule has 0 aromatic heterocycles. The lowest BCUT2D eigenvalue weighted by molar-refractivity contribution is -0.192. The summed E-state index contributed by atoms with van der Waals surface area (Å²) in [6.07, 6.45) is -7.58. The number of rotatable bonds is 8. The molecule has 6 rings (SSSR count). The van der Waals surface area contributed by atoms with Crippen LogP contribution in [0.2, 0.25) is 0 Å². The zero-order valence-corrected chi connectivity index (χ0v) is 26.5. The van der Waals surface area contributed by atoms with Gasteiger partial charge >= 0.3 is 36.0 Å². The van der Waals surface area contributed by atoms with Gasteiger partial charge in [0, 0.05) is 30.5 Å². The van der Waals surface area contributed by atoms with E-state index in [1.54, 1.807) is 30.3 Å². The topological polar surface area (TPSA) is 206 Å². The Kier molecular flexibility index (Phi) is 9.60. The van der Waals surface area contributed by atoms with E-state index in [1.165, 1.54) is 12.1 Å². The minimum Gasteiger partial charge on any atom is -0.504 e. The average molecular weight is 708 g/mol. The maximum absolute atomic E-state index is 13.4. The highest BCUT2D eigenvalue weighted by atomic mass is 19.4. The number of likely N-dealkylation sites (tertiary alicyclic amines) is 1. The molecule has 2 aromatic carbocycles. The van der Waals surface area contributed by atoms with E-state index in [0.717, 1.165) is 12.5 Å². The second kappa shape index (κ2) is 13.3. The first-order valence-electron chi connectivity index (χ1n) is 15.2. The van der Waals surface area contributed by atoms with Crippen molar-refractivity contribution in [3.8, 4) is 11.5 Å². The highest BCUT2D eigenvalue weighted by Gasteiger charge is 2.72. The molecule has 268 valence electrons. The summed E-state index contributed by atoms with van der Waals surface area (Å²) in [4.78, 5) is 60.9. The van der Waals surface area contributed by atoms with Crippen molar-refractivity contribution in [1.82, 2.24) is 4.90 Å². The molecule has 14 nitrogen and oxygen atoms in total. The Labute approximate surface area is 281 Å². The number of hydrogen-bond acceptors (Lipinski definition) is 12. The van der Waals surface area contributed by atoms with Crippen molar-refractivity contribution in [2.75, 3.05) is 13.6 Å².